The molecule has 1 rings (SSSR count). The Labute approximate surface area is 99.9 Å². The predicted molar refractivity (Wildman–Crippen MR) is 62.8 cm³/mol. The Balaban J connectivity index is 2.83. The lowest BCUT2D eigenvalue weighted by atomic mass is 10.0. The van der Waals surface area contributed by atoms with Crippen molar-refractivity contribution in [1.29, 1.82) is 0 Å². The van der Waals surface area contributed by atoms with E-state index in [1.165, 1.54) is 0 Å². The first-order chi connectivity index (χ1) is 8.12. The van der Waals surface area contributed by atoms with Gasteiger partial charge in [0.05, 0.1) is 24.1 Å². The Bertz CT molecular complexity index is 360. The summed E-state index contributed by atoms with van der Waals surface area (Å²) in [5.41, 5.74) is 13.2. The Morgan fingerprint density at radius 2 is 1.82 bits per heavy atom. The minimum Gasteiger partial charge on any atom is -0.394 e. The summed E-state index contributed by atoms with van der Waals surface area (Å²) in [5.74, 6) is 0. The highest BCUT2D eigenvalue weighted by Crippen LogP contribution is 2.12. The van der Waals surface area contributed by atoms with E-state index in [1.807, 2.05) is 0 Å². The molecule has 6 nitrogen and oxygen atoms in total. The summed E-state index contributed by atoms with van der Waals surface area (Å²) in [6, 6.07) is 3.54. The molecule has 0 aromatic carbocycles. The third kappa shape index (κ3) is 3.72. The van der Waals surface area contributed by atoms with Gasteiger partial charge < -0.3 is 26.8 Å². The van der Waals surface area contributed by atoms with E-state index in [-0.39, 0.29) is 13.0 Å². The van der Waals surface area contributed by atoms with Crippen molar-refractivity contribution < 1.29 is 15.3 Å². The first-order valence-electron chi connectivity index (χ1n) is 5.47. The van der Waals surface area contributed by atoms with E-state index in [0.29, 0.717) is 12.2 Å². The maximum Gasteiger partial charge on any atom is 0.103 e. The lowest BCUT2D eigenvalue weighted by molar-refractivity contribution is -0.0133. The Hall–Kier alpha value is -1.05. The van der Waals surface area contributed by atoms with E-state index in [0.717, 1.165) is 11.3 Å². The molecule has 0 saturated heterocycles. The number of aromatic nitrogens is 1. The molecule has 0 saturated carbocycles. The van der Waals surface area contributed by atoms with Gasteiger partial charge in [-0.3, -0.25) is 4.98 Å². The maximum absolute atomic E-state index is 9.61. The summed E-state index contributed by atoms with van der Waals surface area (Å²) >= 11 is 0. The van der Waals surface area contributed by atoms with Gasteiger partial charge in [0.25, 0.3) is 0 Å². The summed E-state index contributed by atoms with van der Waals surface area (Å²) in [5, 5.41) is 27.6. The number of hydrogen-bond donors (Lipinski definition) is 5. The maximum atomic E-state index is 9.61. The van der Waals surface area contributed by atoms with Crippen molar-refractivity contribution >= 4 is 0 Å². The topological polar surface area (TPSA) is 126 Å². The molecule has 2 atom stereocenters. The summed E-state index contributed by atoms with van der Waals surface area (Å²) < 4.78 is 0. The molecule has 1 heterocycles. The van der Waals surface area contributed by atoms with Gasteiger partial charge >= 0.3 is 0 Å². The highest BCUT2D eigenvalue weighted by Gasteiger charge is 2.17. The first-order valence-corrected chi connectivity index (χ1v) is 5.47. The van der Waals surface area contributed by atoms with Crippen LogP contribution in [0.5, 0.6) is 0 Å². The number of nitrogens with zero attached hydrogens (tertiary/aromatic N) is 1. The van der Waals surface area contributed by atoms with Crippen LogP contribution < -0.4 is 11.5 Å². The van der Waals surface area contributed by atoms with Gasteiger partial charge in [0.1, 0.15) is 6.10 Å². The van der Waals surface area contributed by atoms with Crippen LogP contribution in [-0.4, -0.2) is 39.1 Å². The smallest absolute Gasteiger partial charge is 0.103 e. The van der Waals surface area contributed by atoms with Crippen LogP contribution in [0, 0.1) is 0 Å². The van der Waals surface area contributed by atoms with Gasteiger partial charge in [-0.05, 0) is 11.6 Å². The number of hydrogen-bond acceptors (Lipinski definition) is 6. The first kappa shape index (κ1) is 14.0. The van der Waals surface area contributed by atoms with E-state index < -0.39 is 18.8 Å². The van der Waals surface area contributed by atoms with Crippen molar-refractivity contribution in [3.63, 3.8) is 0 Å². The molecular formula is C11H19N3O3. The molecule has 0 aliphatic rings. The second kappa shape index (κ2) is 6.63. The average Bonchev–Trinajstić information content (AvgIpc) is 2.37. The van der Waals surface area contributed by atoms with Gasteiger partial charge in [-0.15, -0.1) is 0 Å². The van der Waals surface area contributed by atoms with E-state index in [1.54, 1.807) is 12.1 Å². The number of rotatable bonds is 6. The average molecular weight is 241 g/mol. The fourth-order valence-corrected chi connectivity index (χ4v) is 1.53. The molecule has 0 bridgehead atoms. The molecule has 0 fully saturated rings. The number of aliphatic hydroxyl groups excluding tert-OH is 3. The van der Waals surface area contributed by atoms with Crippen molar-refractivity contribution in [2.75, 3.05) is 6.61 Å². The van der Waals surface area contributed by atoms with Crippen LogP contribution in [0.1, 0.15) is 17.0 Å². The lowest BCUT2D eigenvalue weighted by Gasteiger charge is -2.17. The quantitative estimate of drug-likeness (QED) is 0.402. The molecule has 7 N–H and O–H groups in total. The zero-order valence-corrected chi connectivity index (χ0v) is 9.58. The van der Waals surface area contributed by atoms with Gasteiger partial charge in [-0.25, -0.2) is 0 Å². The highest BCUT2D eigenvalue weighted by molar-refractivity contribution is 5.24. The number of aliphatic hydroxyl groups is 3. The Kier molecular flexibility index (Phi) is 5.46. The van der Waals surface area contributed by atoms with Crippen molar-refractivity contribution in [3.8, 4) is 0 Å². The molecular weight excluding hydrogens is 222 g/mol. The number of nitrogens with two attached hydrogens (primary N) is 2. The lowest BCUT2D eigenvalue weighted by Crippen LogP contribution is -2.31. The van der Waals surface area contributed by atoms with Gasteiger partial charge in [0.2, 0.25) is 0 Å². The molecule has 2 unspecified atom stereocenters. The molecule has 1 aromatic rings. The summed E-state index contributed by atoms with van der Waals surface area (Å²) in [7, 11) is 0. The monoisotopic (exact) mass is 241 g/mol. The Morgan fingerprint density at radius 1 is 1.12 bits per heavy atom. The SMILES string of the molecule is NCc1ccc(CC(O)C(O)CO)c(CN)n1. The van der Waals surface area contributed by atoms with Crippen molar-refractivity contribution in [2.24, 2.45) is 11.5 Å². The molecule has 0 spiro atoms. The van der Waals surface area contributed by atoms with Crippen molar-refractivity contribution in [3.05, 3.63) is 29.1 Å². The van der Waals surface area contributed by atoms with Crippen LogP contribution >= 0.6 is 0 Å². The standard InChI is InChI=1S/C11H19N3O3/c12-4-8-2-1-7(9(5-13)14-8)3-10(16)11(17)6-15/h1-2,10-11,15-17H,3-6,12-13H2. The number of pyridine rings is 1. The molecule has 0 amide bonds. The normalized spacial score (nSPS) is 14.6. The second-order valence-electron chi connectivity index (χ2n) is 3.84. The zero-order valence-electron chi connectivity index (χ0n) is 9.58. The van der Waals surface area contributed by atoms with Crippen LogP contribution in [0.25, 0.3) is 0 Å². The summed E-state index contributed by atoms with van der Waals surface area (Å²) in [6.45, 7) is 0.0909. The van der Waals surface area contributed by atoms with Gasteiger partial charge in [0, 0.05) is 19.5 Å². The fraction of sp³-hybridized carbons (Fsp3) is 0.545. The molecule has 17 heavy (non-hydrogen) atoms. The van der Waals surface area contributed by atoms with Crippen molar-refractivity contribution in [2.45, 2.75) is 31.7 Å². The largest absolute Gasteiger partial charge is 0.394 e. The molecule has 0 aliphatic heterocycles. The van der Waals surface area contributed by atoms with Gasteiger partial charge in [-0.2, -0.15) is 0 Å². The van der Waals surface area contributed by atoms with E-state index >= 15 is 0 Å². The van der Waals surface area contributed by atoms with Crippen LogP contribution in [0.3, 0.4) is 0 Å². The van der Waals surface area contributed by atoms with Gasteiger partial charge in [-0.1, -0.05) is 6.07 Å². The second-order valence-corrected chi connectivity index (χ2v) is 3.84. The van der Waals surface area contributed by atoms with Crippen molar-refractivity contribution in [1.82, 2.24) is 4.98 Å². The predicted octanol–water partition coefficient (Wildman–Crippen LogP) is -1.74. The van der Waals surface area contributed by atoms with E-state index in [2.05, 4.69) is 4.98 Å². The fourth-order valence-electron chi connectivity index (χ4n) is 1.53. The third-order valence-electron chi connectivity index (χ3n) is 2.59. The molecule has 96 valence electrons. The molecule has 1 aromatic heterocycles. The van der Waals surface area contributed by atoms with Crippen LogP contribution in [0.15, 0.2) is 12.1 Å². The van der Waals surface area contributed by atoms with Gasteiger partial charge in [0.15, 0.2) is 0 Å². The van der Waals surface area contributed by atoms with Crippen LogP contribution in [0.4, 0.5) is 0 Å². The zero-order chi connectivity index (χ0) is 12.8. The summed E-state index contributed by atoms with van der Waals surface area (Å²) in [6.07, 6.45) is -1.99. The van der Waals surface area contributed by atoms with E-state index in [9.17, 15) is 10.2 Å². The van der Waals surface area contributed by atoms with Crippen LogP contribution in [-0.2, 0) is 19.5 Å². The molecule has 6 heteroatoms. The van der Waals surface area contributed by atoms with E-state index in [4.69, 9.17) is 16.6 Å². The highest BCUT2D eigenvalue weighted by atomic mass is 16.4. The molecule has 0 aliphatic carbocycles. The van der Waals surface area contributed by atoms with Crippen LogP contribution in [0.2, 0.25) is 0 Å². The Morgan fingerprint density at radius 3 is 2.35 bits per heavy atom. The minimum atomic E-state index is -1.16. The summed E-state index contributed by atoms with van der Waals surface area (Å²) in [4.78, 5) is 4.24. The minimum absolute atomic E-state index is 0.201. The molecule has 0 radical (unpaired) electrons. The third-order valence-corrected chi connectivity index (χ3v) is 2.59.